The number of hydrogen-bond donors (Lipinski definition) is 0. The van der Waals surface area contributed by atoms with Gasteiger partial charge in [0, 0.05) is 0 Å². The Morgan fingerprint density at radius 3 is 2.80 bits per heavy atom. The summed E-state index contributed by atoms with van der Waals surface area (Å²) < 4.78 is 16.0. The van der Waals surface area contributed by atoms with Gasteiger partial charge in [0.25, 0.3) is 0 Å². The summed E-state index contributed by atoms with van der Waals surface area (Å²) in [4.78, 5) is 10.8. The Balaban J connectivity index is 2.11. The molecule has 2 nitrogen and oxygen atoms in total. The maximum Gasteiger partial charge on any atom is 0.309 e. The van der Waals surface area contributed by atoms with E-state index in [1.165, 1.54) is 0 Å². The molecule has 1 aliphatic carbocycles. The Labute approximate surface area is 59.4 Å². The van der Waals surface area contributed by atoms with E-state index in [0.29, 0.717) is 5.92 Å². The minimum Gasteiger partial charge on any atom is -0.463 e. The van der Waals surface area contributed by atoms with Crippen molar-refractivity contribution in [3.63, 3.8) is 0 Å². The molecule has 0 aromatic rings. The minimum atomic E-state index is -0.577. The Morgan fingerprint density at radius 2 is 2.40 bits per heavy atom. The van der Waals surface area contributed by atoms with E-state index in [1.807, 2.05) is 6.92 Å². The molecule has 58 valence electrons. The van der Waals surface area contributed by atoms with E-state index in [0.717, 1.165) is 6.42 Å². The Morgan fingerprint density at radius 1 is 1.80 bits per heavy atom. The summed E-state index contributed by atoms with van der Waals surface area (Å²) in [6.45, 7) is 1.33. The monoisotopic (exact) mass is 146 g/mol. The van der Waals surface area contributed by atoms with Gasteiger partial charge in [-0.2, -0.15) is 0 Å². The van der Waals surface area contributed by atoms with Crippen molar-refractivity contribution in [2.24, 2.45) is 11.8 Å². The van der Waals surface area contributed by atoms with E-state index in [1.54, 1.807) is 0 Å². The van der Waals surface area contributed by atoms with Crippen LogP contribution in [0.15, 0.2) is 0 Å². The van der Waals surface area contributed by atoms with Gasteiger partial charge in [-0.3, -0.25) is 4.79 Å². The van der Waals surface area contributed by atoms with Gasteiger partial charge in [-0.25, -0.2) is 4.39 Å². The normalized spacial score (nSPS) is 29.8. The predicted octanol–water partition coefficient (Wildman–Crippen LogP) is 1.16. The van der Waals surface area contributed by atoms with E-state index in [4.69, 9.17) is 0 Å². The largest absolute Gasteiger partial charge is 0.463 e. The summed E-state index contributed by atoms with van der Waals surface area (Å²) in [5, 5.41) is 0. The van der Waals surface area contributed by atoms with Gasteiger partial charge in [0.2, 0.25) is 0 Å². The van der Waals surface area contributed by atoms with E-state index in [2.05, 4.69) is 4.74 Å². The third kappa shape index (κ3) is 1.69. The average molecular weight is 146 g/mol. The van der Waals surface area contributed by atoms with E-state index >= 15 is 0 Å². The van der Waals surface area contributed by atoms with Gasteiger partial charge < -0.3 is 4.74 Å². The molecule has 2 atom stereocenters. The van der Waals surface area contributed by atoms with E-state index in [9.17, 15) is 9.18 Å². The van der Waals surface area contributed by atoms with Crippen molar-refractivity contribution >= 4 is 5.97 Å². The number of carbonyl (C=O) groups is 1. The Kier molecular flexibility index (Phi) is 2.25. The number of rotatable bonds is 3. The molecule has 0 aromatic heterocycles. The molecule has 1 aliphatic rings. The van der Waals surface area contributed by atoms with Crippen LogP contribution in [0.3, 0.4) is 0 Å². The second kappa shape index (κ2) is 2.99. The summed E-state index contributed by atoms with van der Waals surface area (Å²) in [5.74, 6) is 0.281. The Hall–Kier alpha value is -0.600. The molecule has 0 saturated heterocycles. The molecular weight excluding hydrogens is 135 g/mol. The van der Waals surface area contributed by atoms with Gasteiger partial charge in [-0.05, 0) is 12.3 Å². The zero-order chi connectivity index (χ0) is 7.56. The highest BCUT2D eigenvalue weighted by Gasteiger charge is 2.40. The van der Waals surface area contributed by atoms with Crippen molar-refractivity contribution in [1.29, 1.82) is 0 Å². The van der Waals surface area contributed by atoms with Crippen LogP contribution in [0, 0.1) is 11.8 Å². The van der Waals surface area contributed by atoms with Crippen LogP contribution >= 0.6 is 0 Å². The maximum absolute atomic E-state index is 11.5. The first-order chi connectivity index (χ1) is 4.75. The number of hydrogen-bond acceptors (Lipinski definition) is 2. The summed E-state index contributed by atoms with van der Waals surface area (Å²) in [6.07, 6.45) is 0.908. The summed E-state index contributed by atoms with van der Waals surface area (Å²) in [5.41, 5.74) is 0. The first-order valence-electron chi connectivity index (χ1n) is 3.48. The molecule has 0 aliphatic heterocycles. The van der Waals surface area contributed by atoms with Crippen LogP contribution < -0.4 is 0 Å². The van der Waals surface area contributed by atoms with E-state index in [-0.39, 0.29) is 18.5 Å². The van der Waals surface area contributed by atoms with Crippen LogP contribution in [0.1, 0.15) is 13.3 Å². The van der Waals surface area contributed by atoms with E-state index < -0.39 is 6.67 Å². The minimum absolute atomic E-state index is 0.0616. The molecule has 1 rings (SSSR count). The molecule has 1 fully saturated rings. The number of alkyl halides is 1. The molecule has 0 bridgehead atoms. The topological polar surface area (TPSA) is 26.3 Å². The quantitative estimate of drug-likeness (QED) is 0.558. The fraction of sp³-hybridized carbons (Fsp3) is 0.857. The third-order valence-corrected chi connectivity index (χ3v) is 1.73. The van der Waals surface area contributed by atoms with Gasteiger partial charge in [-0.15, -0.1) is 0 Å². The predicted molar refractivity (Wildman–Crippen MR) is 34.2 cm³/mol. The summed E-state index contributed by atoms with van der Waals surface area (Å²) in [6, 6.07) is 0. The van der Waals surface area contributed by atoms with Crippen LogP contribution in [0.5, 0.6) is 0 Å². The highest BCUT2D eigenvalue weighted by molar-refractivity contribution is 5.75. The lowest BCUT2D eigenvalue weighted by molar-refractivity contribution is -0.145. The van der Waals surface area contributed by atoms with Crippen LogP contribution in [-0.4, -0.2) is 19.3 Å². The third-order valence-electron chi connectivity index (χ3n) is 1.73. The molecule has 1 saturated carbocycles. The molecule has 0 spiro atoms. The lowest BCUT2D eigenvalue weighted by Crippen LogP contribution is -2.09. The van der Waals surface area contributed by atoms with Crippen LogP contribution in [0.2, 0.25) is 0 Å². The van der Waals surface area contributed by atoms with Gasteiger partial charge in [0.1, 0.15) is 13.3 Å². The molecule has 3 heteroatoms. The van der Waals surface area contributed by atoms with Gasteiger partial charge >= 0.3 is 5.97 Å². The molecule has 0 radical (unpaired) electrons. The molecular formula is C7H11FO2. The molecule has 0 N–H and O–H groups in total. The van der Waals surface area contributed by atoms with Crippen molar-refractivity contribution in [2.45, 2.75) is 13.3 Å². The van der Waals surface area contributed by atoms with Crippen molar-refractivity contribution in [3.05, 3.63) is 0 Å². The summed E-state index contributed by atoms with van der Waals surface area (Å²) in [7, 11) is 0. The molecule has 0 heterocycles. The maximum atomic E-state index is 11.5. The van der Waals surface area contributed by atoms with Crippen LogP contribution in [0.25, 0.3) is 0 Å². The molecule has 2 unspecified atom stereocenters. The number of halogens is 1. The SMILES string of the molecule is CC1CC1C(=O)OCCF. The standard InChI is InChI=1S/C7H11FO2/c1-5-4-6(5)7(9)10-3-2-8/h5-6H,2-4H2,1H3. The zero-order valence-electron chi connectivity index (χ0n) is 5.97. The highest BCUT2D eigenvalue weighted by atomic mass is 19.1. The summed E-state index contributed by atoms with van der Waals surface area (Å²) >= 11 is 0. The van der Waals surface area contributed by atoms with Crippen molar-refractivity contribution < 1.29 is 13.9 Å². The molecule has 0 aromatic carbocycles. The van der Waals surface area contributed by atoms with Crippen LogP contribution in [-0.2, 0) is 9.53 Å². The first-order valence-corrected chi connectivity index (χ1v) is 3.48. The second-order valence-corrected chi connectivity index (χ2v) is 2.68. The Bertz CT molecular complexity index is 136. The van der Waals surface area contributed by atoms with Crippen molar-refractivity contribution in [2.75, 3.05) is 13.3 Å². The number of carbonyl (C=O) groups excluding carboxylic acids is 1. The average Bonchev–Trinajstić information content (AvgIpc) is 2.62. The smallest absolute Gasteiger partial charge is 0.309 e. The number of esters is 1. The zero-order valence-corrected chi connectivity index (χ0v) is 5.97. The highest BCUT2D eigenvalue weighted by Crippen LogP contribution is 2.38. The molecule has 10 heavy (non-hydrogen) atoms. The van der Waals surface area contributed by atoms with Gasteiger partial charge in [0.15, 0.2) is 0 Å². The van der Waals surface area contributed by atoms with Crippen molar-refractivity contribution in [3.8, 4) is 0 Å². The van der Waals surface area contributed by atoms with Crippen LogP contribution in [0.4, 0.5) is 4.39 Å². The first kappa shape index (κ1) is 7.51. The molecule has 0 amide bonds. The van der Waals surface area contributed by atoms with Crippen molar-refractivity contribution in [1.82, 2.24) is 0 Å². The fourth-order valence-electron chi connectivity index (χ4n) is 0.897. The number of ether oxygens (including phenoxy) is 1. The lowest BCUT2D eigenvalue weighted by Gasteiger charge is -1.98. The van der Waals surface area contributed by atoms with Gasteiger partial charge in [-0.1, -0.05) is 6.92 Å². The van der Waals surface area contributed by atoms with Gasteiger partial charge in [0.05, 0.1) is 5.92 Å². The lowest BCUT2D eigenvalue weighted by atomic mass is 10.3. The second-order valence-electron chi connectivity index (χ2n) is 2.68. The fourth-order valence-corrected chi connectivity index (χ4v) is 0.897.